The fraction of sp³-hybridized carbons (Fsp3) is 0.684. The molecule has 1 fully saturated rings. The van der Waals surface area contributed by atoms with E-state index in [1.54, 1.807) is 0 Å². The van der Waals surface area contributed by atoms with Crippen molar-refractivity contribution >= 4 is 40.0 Å². The molecule has 2 rings (SSSR count). The smallest absolute Gasteiger partial charge is 0.0751 e. The number of hydrogen-bond donors (Lipinski definition) is 0. The first-order valence-corrected chi connectivity index (χ1v) is 11.1. The van der Waals surface area contributed by atoms with E-state index in [0.717, 1.165) is 0 Å². The fourth-order valence-electron chi connectivity index (χ4n) is 3.16. The Bertz CT molecular complexity index is 424. The summed E-state index contributed by atoms with van der Waals surface area (Å²) in [6.45, 7) is 3.51. The Morgan fingerprint density at radius 2 is 1.82 bits per heavy atom. The van der Waals surface area contributed by atoms with Crippen molar-refractivity contribution in [2.24, 2.45) is 0 Å². The van der Waals surface area contributed by atoms with Gasteiger partial charge in [0, 0.05) is 21.6 Å². The van der Waals surface area contributed by atoms with Crippen LogP contribution in [0.3, 0.4) is 0 Å². The first-order chi connectivity index (χ1) is 10.8. The first-order valence-electron chi connectivity index (χ1n) is 8.95. The van der Waals surface area contributed by atoms with E-state index in [1.165, 1.54) is 79.3 Å². The normalized spacial score (nSPS) is 18.1. The van der Waals surface area contributed by atoms with Crippen molar-refractivity contribution < 1.29 is 0 Å². The Morgan fingerprint density at radius 3 is 2.55 bits per heavy atom. The average Bonchev–Trinajstić information content (AvgIpc) is 2.98. The highest BCUT2D eigenvalue weighted by atomic mass is 127. The van der Waals surface area contributed by atoms with Crippen molar-refractivity contribution in [3.63, 3.8) is 0 Å². The second kappa shape index (κ2) is 10.8. The van der Waals surface area contributed by atoms with E-state index in [0.29, 0.717) is 5.37 Å². The molecule has 1 aliphatic rings. The molecule has 3 heteroatoms. The second-order valence-electron chi connectivity index (χ2n) is 6.26. The predicted molar refractivity (Wildman–Crippen MR) is 110 cm³/mol. The van der Waals surface area contributed by atoms with E-state index >= 15 is 0 Å². The zero-order chi connectivity index (χ0) is 15.6. The Hall–Kier alpha value is 0.100. The van der Waals surface area contributed by atoms with Crippen LogP contribution in [0, 0.1) is 3.57 Å². The molecule has 0 aliphatic carbocycles. The summed E-state index contributed by atoms with van der Waals surface area (Å²) in [7, 11) is 0. The monoisotopic (exact) mass is 431 g/mol. The standard InChI is InChI=1S/C19H30INS/c1-2-3-4-5-6-7-8-9-13-19-21(14-15-22-19)18-12-10-11-17(20)16-18/h10-12,16,19H,2-9,13-15H2,1H3. The highest BCUT2D eigenvalue weighted by Gasteiger charge is 2.24. The molecule has 0 spiro atoms. The topological polar surface area (TPSA) is 3.24 Å². The lowest BCUT2D eigenvalue weighted by atomic mass is 10.1. The van der Waals surface area contributed by atoms with E-state index < -0.39 is 0 Å². The second-order valence-corrected chi connectivity index (χ2v) is 8.79. The van der Waals surface area contributed by atoms with Crippen LogP contribution in [-0.4, -0.2) is 17.7 Å². The lowest BCUT2D eigenvalue weighted by Crippen LogP contribution is -2.28. The third-order valence-electron chi connectivity index (χ3n) is 4.43. The van der Waals surface area contributed by atoms with Gasteiger partial charge in [-0.2, -0.15) is 0 Å². The van der Waals surface area contributed by atoms with Crippen molar-refractivity contribution in [3.05, 3.63) is 27.8 Å². The maximum atomic E-state index is 2.62. The van der Waals surface area contributed by atoms with Crippen LogP contribution in [0.25, 0.3) is 0 Å². The average molecular weight is 431 g/mol. The quantitative estimate of drug-likeness (QED) is 0.300. The van der Waals surface area contributed by atoms with Crippen LogP contribution in [-0.2, 0) is 0 Å². The Labute approximate surface area is 154 Å². The molecule has 124 valence electrons. The minimum Gasteiger partial charge on any atom is -0.359 e. The molecule has 0 aromatic heterocycles. The number of halogens is 1. The molecule has 1 atom stereocenters. The molecule has 1 aromatic rings. The number of rotatable bonds is 10. The summed E-state index contributed by atoms with van der Waals surface area (Å²) < 4.78 is 1.35. The van der Waals surface area contributed by atoms with E-state index in [9.17, 15) is 0 Å². The predicted octanol–water partition coefficient (Wildman–Crippen LogP) is 6.70. The van der Waals surface area contributed by atoms with Gasteiger partial charge < -0.3 is 4.90 Å². The van der Waals surface area contributed by atoms with Gasteiger partial charge in [0.2, 0.25) is 0 Å². The van der Waals surface area contributed by atoms with Crippen LogP contribution in [0.4, 0.5) is 5.69 Å². The van der Waals surface area contributed by atoms with Gasteiger partial charge in [-0.05, 0) is 47.2 Å². The van der Waals surface area contributed by atoms with Crippen molar-refractivity contribution in [2.45, 2.75) is 70.1 Å². The molecule has 1 saturated heterocycles. The lowest BCUT2D eigenvalue weighted by molar-refractivity contribution is 0.558. The molecule has 1 nitrogen and oxygen atoms in total. The van der Waals surface area contributed by atoms with Gasteiger partial charge in [-0.25, -0.2) is 0 Å². The number of hydrogen-bond acceptors (Lipinski definition) is 2. The molecule has 22 heavy (non-hydrogen) atoms. The molecule has 0 radical (unpaired) electrons. The van der Waals surface area contributed by atoms with Crippen molar-refractivity contribution in [3.8, 4) is 0 Å². The van der Waals surface area contributed by atoms with Gasteiger partial charge in [-0.1, -0.05) is 64.4 Å². The molecule has 1 heterocycles. The molecule has 0 N–H and O–H groups in total. The van der Waals surface area contributed by atoms with E-state index in [2.05, 4.69) is 70.4 Å². The van der Waals surface area contributed by atoms with Gasteiger partial charge in [-0.15, -0.1) is 11.8 Å². The number of anilines is 1. The fourth-order valence-corrected chi connectivity index (χ4v) is 5.00. The van der Waals surface area contributed by atoms with Crippen molar-refractivity contribution in [1.29, 1.82) is 0 Å². The van der Waals surface area contributed by atoms with Crippen molar-refractivity contribution in [1.82, 2.24) is 0 Å². The summed E-state index contributed by atoms with van der Waals surface area (Å²) in [5, 5.41) is 0.707. The van der Waals surface area contributed by atoms with Crippen LogP contribution < -0.4 is 4.90 Å². The molecular weight excluding hydrogens is 401 g/mol. The van der Waals surface area contributed by atoms with Gasteiger partial charge in [0.05, 0.1) is 5.37 Å². The maximum absolute atomic E-state index is 2.62. The minimum absolute atomic E-state index is 0.707. The summed E-state index contributed by atoms with van der Waals surface area (Å²) in [5.74, 6) is 1.28. The molecule has 0 amide bonds. The van der Waals surface area contributed by atoms with E-state index in [-0.39, 0.29) is 0 Å². The third-order valence-corrected chi connectivity index (χ3v) is 6.40. The maximum Gasteiger partial charge on any atom is 0.0751 e. The molecule has 1 unspecified atom stereocenters. The molecular formula is C19H30INS. The lowest BCUT2D eigenvalue weighted by Gasteiger charge is -2.26. The van der Waals surface area contributed by atoms with Crippen LogP contribution in [0.2, 0.25) is 0 Å². The molecule has 1 aromatic carbocycles. The number of unbranched alkanes of at least 4 members (excludes halogenated alkanes) is 7. The van der Waals surface area contributed by atoms with Gasteiger partial charge >= 0.3 is 0 Å². The minimum atomic E-state index is 0.707. The summed E-state index contributed by atoms with van der Waals surface area (Å²) in [6, 6.07) is 8.97. The van der Waals surface area contributed by atoms with Crippen LogP contribution >= 0.6 is 34.4 Å². The first kappa shape index (κ1) is 18.4. The van der Waals surface area contributed by atoms with Gasteiger partial charge in [-0.3, -0.25) is 0 Å². The van der Waals surface area contributed by atoms with E-state index in [1.807, 2.05) is 0 Å². The summed E-state index contributed by atoms with van der Waals surface area (Å²) in [5.41, 5.74) is 1.42. The van der Waals surface area contributed by atoms with Crippen LogP contribution in [0.1, 0.15) is 64.7 Å². The SMILES string of the molecule is CCCCCCCCCCC1SCCN1c1cccc(I)c1. The van der Waals surface area contributed by atoms with Gasteiger partial charge in [0.25, 0.3) is 0 Å². The largest absolute Gasteiger partial charge is 0.359 e. The van der Waals surface area contributed by atoms with Crippen LogP contribution in [0.5, 0.6) is 0 Å². The Morgan fingerprint density at radius 1 is 1.09 bits per heavy atom. The molecule has 0 bridgehead atoms. The Kier molecular flexibility index (Phi) is 9.05. The summed E-state index contributed by atoms with van der Waals surface area (Å²) in [4.78, 5) is 2.62. The Balaban J connectivity index is 1.65. The number of benzene rings is 1. The highest BCUT2D eigenvalue weighted by molar-refractivity contribution is 14.1. The summed E-state index contributed by atoms with van der Waals surface area (Å²) in [6.07, 6.45) is 12.7. The van der Waals surface area contributed by atoms with E-state index in [4.69, 9.17) is 0 Å². The van der Waals surface area contributed by atoms with Gasteiger partial charge in [0.15, 0.2) is 0 Å². The zero-order valence-electron chi connectivity index (χ0n) is 13.9. The summed E-state index contributed by atoms with van der Waals surface area (Å²) >= 11 is 4.57. The molecule has 0 saturated carbocycles. The third kappa shape index (κ3) is 6.31. The molecule has 1 aliphatic heterocycles. The highest BCUT2D eigenvalue weighted by Crippen LogP contribution is 2.33. The zero-order valence-corrected chi connectivity index (χ0v) is 16.9. The van der Waals surface area contributed by atoms with Crippen molar-refractivity contribution in [2.75, 3.05) is 17.2 Å². The number of nitrogens with zero attached hydrogens (tertiary/aromatic N) is 1. The van der Waals surface area contributed by atoms with Gasteiger partial charge in [0.1, 0.15) is 0 Å². The number of thioether (sulfide) groups is 1. The van der Waals surface area contributed by atoms with Crippen LogP contribution in [0.15, 0.2) is 24.3 Å².